The number of rotatable bonds is 6. The van der Waals surface area contributed by atoms with Gasteiger partial charge in [0, 0.05) is 19.0 Å². The van der Waals surface area contributed by atoms with Crippen molar-refractivity contribution in [2.45, 2.75) is 49.6 Å². The van der Waals surface area contributed by atoms with E-state index in [1.54, 1.807) is 0 Å². The van der Waals surface area contributed by atoms with Gasteiger partial charge in [-0.05, 0) is 31.2 Å². The molecule has 0 spiro atoms. The number of benzene rings is 1. The zero-order chi connectivity index (χ0) is 16.2. The second-order valence-electron chi connectivity index (χ2n) is 6.48. The first-order chi connectivity index (χ1) is 11.9. The Morgan fingerprint density at radius 1 is 1.04 bits per heavy atom. The van der Waals surface area contributed by atoms with Gasteiger partial charge in [0.1, 0.15) is 0 Å². The molecule has 2 atom stereocenters. The summed E-state index contributed by atoms with van der Waals surface area (Å²) < 4.78 is 14.0. The average molecular weight is 344 g/mol. The van der Waals surface area contributed by atoms with Gasteiger partial charge in [-0.15, -0.1) is 0 Å². The third-order valence-corrected chi connectivity index (χ3v) is 5.84. The highest BCUT2D eigenvalue weighted by atomic mass is 32.2. The van der Waals surface area contributed by atoms with Crippen molar-refractivity contribution in [2.75, 3.05) is 19.0 Å². The Bertz CT molecular complexity index is 647. The van der Waals surface area contributed by atoms with Crippen LogP contribution in [0.2, 0.25) is 0 Å². The van der Waals surface area contributed by atoms with Gasteiger partial charge in [0.2, 0.25) is 0 Å². The Kier molecular flexibility index (Phi) is 5.21. The van der Waals surface area contributed by atoms with Crippen LogP contribution in [0.25, 0.3) is 11.3 Å². The van der Waals surface area contributed by atoms with Crippen LogP contribution >= 0.6 is 11.8 Å². The Labute approximate surface area is 147 Å². The highest BCUT2D eigenvalue weighted by molar-refractivity contribution is 7.99. The van der Waals surface area contributed by atoms with E-state index in [9.17, 15) is 0 Å². The van der Waals surface area contributed by atoms with Crippen molar-refractivity contribution in [3.05, 3.63) is 36.5 Å². The molecule has 1 aromatic carbocycles. The molecule has 3 heterocycles. The van der Waals surface area contributed by atoms with Gasteiger partial charge in [-0.25, -0.2) is 4.98 Å². The molecule has 0 unspecified atom stereocenters. The normalized spacial score (nSPS) is 23.8. The Balaban J connectivity index is 1.56. The standard InChI is InChI=1S/C19H24N2O2S/c1-2-6-15(7-3-1)18-12-20-19(24-14-17-9-5-11-23-17)21(18)13-16-8-4-10-22-16/h1-3,6-7,12,16-17H,4-5,8-11,13-14H2/t16-,17+/m1/s1. The Morgan fingerprint density at radius 3 is 2.50 bits per heavy atom. The van der Waals surface area contributed by atoms with Gasteiger partial charge in [-0.2, -0.15) is 0 Å². The van der Waals surface area contributed by atoms with E-state index in [1.165, 1.54) is 30.5 Å². The van der Waals surface area contributed by atoms with Gasteiger partial charge in [-0.1, -0.05) is 42.1 Å². The maximum absolute atomic E-state index is 5.87. The summed E-state index contributed by atoms with van der Waals surface area (Å²) in [6.07, 6.45) is 7.35. The number of hydrogen-bond donors (Lipinski definition) is 0. The van der Waals surface area contributed by atoms with Crippen LogP contribution in [0.3, 0.4) is 0 Å². The molecule has 0 N–H and O–H groups in total. The van der Waals surface area contributed by atoms with E-state index in [4.69, 9.17) is 14.5 Å². The Hall–Kier alpha value is -1.30. The van der Waals surface area contributed by atoms with Crippen LogP contribution in [-0.4, -0.2) is 40.7 Å². The molecule has 2 aliphatic heterocycles. The molecule has 128 valence electrons. The molecule has 0 saturated carbocycles. The molecule has 2 aliphatic rings. The SMILES string of the molecule is c1ccc(-c2cnc(SC[C@@H]3CCCO3)n2C[C@H]2CCCO2)cc1. The fourth-order valence-electron chi connectivity index (χ4n) is 3.42. The first kappa shape index (κ1) is 16.2. The fourth-order valence-corrected chi connectivity index (χ4v) is 4.48. The van der Waals surface area contributed by atoms with Crippen LogP contribution in [0.4, 0.5) is 0 Å². The minimum absolute atomic E-state index is 0.309. The van der Waals surface area contributed by atoms with Crippen LogP contribution in [0.15, 0.2) is 41.7 Å². The summed E-state index contributed by atoms with van der Waals surface area (Å²) in [5, 5.41) is 1.08. The summed E-state index contributed by atoms with van der Waals surface area (Å²) >= 11 is 1.81. The topological polar surface area (TPSA) is 36.3 Å². The van der Waals surface area contributed by atoms with Gasteiger partial charge in [0.15, 0.2) is 5.16 Å². The van der Waals surface area contributed by atoms with Crippen molar-refractivity contribution in [2.24, 2.45) is 0 Å². The van der Waals surface area contributed by atoms with E-state index in [-0.39, 0.29) is 0 Å². The summed E-state index contributed by atoms with van der Waals surface area (Å²) in [4.78, 5) is 4.71. The van der Waals surface area contributed by atoms with Crippen LogP contribution < -0.4 is 0 Å². The summed E-state index contributed by atoms with van der Waals surface area (Å²) in [6, 6.07) is 10.5. The third-order valence-electron chi connectivity index (χ3n) is 4.72. The van der Waals surface area contributed by atoms with E-state index >= 15 is 0 Å². The van der Waals surface area contributed by atoms with Crippen molar-refractivity contribution < 1.29 is 9.47 Å². The van der Waals surface area contributed by atoms with E-state index in [0.29, 0.717) is 12.2 Å². The average Bonchev–Trinajstić information content (AvgIpc) is 3.37. The molecule has 2 aromatic rings. The lowest BCUT2D eigenvalue weighted by atomic mass is 10.1. The molecule has 4 rings (SSSR count). The quantitative estimate of drug-likeness (QED) is 0.742. The van der Waals surface area contributed by atoms with Gasteiger partial charge in [-0.3, -0.25) is 0 Å². The predicted octanol–water partition coefficient (Wildman–Crippen LogP) is 4.00. The zero-order valence-electron chi connectivity index (χ0n) is 13.9. The highest BCUT2D eigenvalue weighted by Gasteiger charge is 2.22. The predicted molar refractivity (Wildman–Crippen MR) is 96.3 cm³/mol. The molecule has 2 fully saturated rings. The first-order valence-electron chi connectivity index (χ1n) is 8.87. The van der Waals surface area contributed by atoms with Crippen LogP contribution in [0.1, 0.15) is 25.7 Å². The summed E-state index contributed by atoms with van der Waals surface area (Å²) in [7, 11) is 0. The molecule has 2 saturated heterocycles. The summed E-state index contributed by atoms with van der Waals surface area (Å²) in [5.74, 6) is 0.983. The van der Waals surface area contributed by atoms with Gasteiger partial charge in [0.05, 0.1) is 30.6 Å². The Morgan fingerprint density at radius 2 is 1.79 bits per heavy atom. The molecule has 0 aliphatic carbocycles. The van der Waals surface area contributed by atoms with E-state index < -0.39 is 0 Å². The lowest BCUT2D eigenvalue weighted by Crippen LogP contribution is -2.17. The van der Waals surface area contributed by atoms with Crippen molar-refractivity contribution in [3.8, 4) is 11.3 Å². The van der Waals surface area contributed by atoms with Crippen LogP contribution in [0.5, 0.6) is 0 Å². The maximum Gasteiger partial charge on any atom is 0.168 e. The summed E-state index contributed by atoms with van der Waals surface area (Å²) in [5.41, 5.74) is 2.40. The van der Waals surface area contributed by atoms with Crippen molar-refractivity contribution >= 4 is 11.8 Å². The largest absolute Gasteiger partial charge is 0.377 e. The van der Waals surface area contributed by atoms with E-state index in [1.807, 2.05) is 18.0 Å². The van der Waals surface area contributed by atoms with Crippen LogP contribution in [-0.2, 0) is 16.0 Å². The lowest BCUT2D eigenvalue weighted by molar-refractivity contribution is 0.0953. The molecule has 0 radical (unpaired) electrons. The molecular weight excluding hydrogens is 320 g/mol. The van der Waals surface area contributed by atoms with Gasteiger partial charge < -0.3 is 14.0 Å². The molecule has 4 nitrogen and oxygen atoms in total. The van der Waals surface area contributed by atoms with Crippen molar-refractivity contribution in [1.29, 1.82) is 0 Å². The van der Waals surface area contributed by atoms with E-state index in [2.05, 4.69) is 34.9 Å². The van der Waals surface area contributed by atoms with Gasteiger partial charge in [0.25, 0.3) is 0 Å². The number of nitrogens with zero attached hydrogens (tertiary/aromatic N) is 2. The molecule has 1 aromatic heterocycles. The second-order valence-corrected chi connectivity index (χ2v) is 7.47. The number of hydrogen-bond acceptors (Lipinski definition) is 4. The monoisotopic (exact) mass is 344 g/mol. The van der Waals surface area contributed by atoms with Crippen molar-refractivity contribution in [1.82, 2.24) is 9.55 Å². The molecule has 24 heavy (non-hydrogen) atoms. The van der Waals surface area contributed by atoms with Gasteiger partial charge >= 0.3 is 0 Å². The molecule has 0 bridgehead atoms. The number of thioether (sulfide) groups is 1. The van der Waals surface area contributed by atoms with Crippen LogP contribution in [0, 0.1) is 0 Å². The second kappa shape index (κ2) is 7.72. The zero-order valence-corrected chi connectivity index (χ0v) is 14.7. The van der Waals surface area contributed by atoms with Crippen molar-refractivity contribution in [3.63, 3.8) is 0 Å². The molecular formula is C19H24N2O2S. The third kappa shape index (κ3) is 3.68. The lowest BCUT2D eigenvalue weighted by Gasteiger charge is -2.17. The smallest absolute Gasteiger partial charge is 0.168 e. The minimum atomic E-state index is 0.309. The highest BCUT2D eigenvalue weighted by Crippen LogP contribution is 2.30. The number of aromatic nitrogens is 2. The maximum atomic E-state index is 5.87. The van der Waals surface area contributed by atoms with E-state index in [0.717, 1.165) is 37.1 Å². The minimum Gasteiger partial charge on any atom is -0.377 e. The molecule has 5 heteroatoms. The molecule has 0 amide bonds. The first-order valence-corrected chi connectivity index (χ1v) is 9.85. The number of ether oxygens (including phenoxy) is 2. The summed E-state index contributed by atoms with van der Waals surface area (Å²) in [6.45, 7) is 2.68. The number of imidazole rings is 1. The fraction of sp³-hybridized carbons (Fsp3) is 0.526.